The number of esters is 1. The second-order valence-corrected chi connectivity index (χ2v) is 21.6. The van der Waals surface area contributed by atoms with Crippen molar-refractivity contribution in [1.29, 1.82) is 0 Å². The second kappa shape index (κ2) is 16.0. The zero-order chi connectivity index (χ0) is 41.3. The third kappa shape index (κ3) is 9.78. The molecule has 2 saturated heterocycles. The normalized spacial score (nSPS) is 21.0. The number of rotatable bonds is 13. The minimum Gasteiger partial charge on any atom is -0.480 e. The van der Waals surface area contributed by atoms with Crippen LogP contribution in [0.25, 0.3) is 0 Å². The van der Waals surface area contributed by atoms with Crippen LogP contribution in [0.4, 0.5) is 0 Å². The highest BCUT2D eigenvalue weighted by molar-refractivity contribution is 7.93. The number of aliphatic carboxylic acids is 1. The van der Waals surface area contributed by atoms with Crippen LogP contribution in [0, 0.1) is 0 Å². The average Bonchev–Trinajstić information content (AvgIpc) is 3.41. The number of benzene rings is 2. The van der Waals surface area contributed by atoms with Gasteiger partial charge in [0, 0.05) is 12.5 Å². The van der Waals surface area contributed by atoms with E-state index in [4.69, 9.17) is 23.4 Å². The third-order valence-corrected chi connectivity index (χ3v) is 15.6. The molecule has 16 heteroatoms. The van der Waals surface area contributed by atoms with Gasteiger partial charge in [-0.05, 0) is 124 Å². The van der Waals surface area contributed by atoms with Crippen molar-refractivity contribution in [3.8, 4) is 0 Å². The van der Waals surface area contributed by atoms with Crippen molar-refractivity contribution in [2.75, 3.05) is 19.1 Å². The van der Waals surface area contributed by atoms with Crippen LogP contribution in [0.5, 0.6) is 0 Å². The summed E-state index contributed by atoms with van der Waals surface area (Å²) in [5.74, 6) is -2.03. The molecule has 4 rings (SSSR count). The van der Waals surface area contributed by atoms with E-state index < -0.39 is 77.7 Å². The average molecular weight is 793 g/mol. The Kier molecular flexibility index (Phi) is 13.5. The van der Waals surface area contributed by atoms with Crippen LogP contribution in [0.1, 0.15) is 100 Å². The van der Waals surface area contributed by atoms with Crippen LogP contribution in [-0.2, 0) is 65.5 Å². The lowest BCUT2D eigenvalue weighted by Gasteiger charge is -2.32. The Labute approximate surface area is 323 Å². The van der Waals surface area contributed by atoms with Crippen LogP contribution < -0.4 is 10.9 Å². The van der Waals surface area contributed by atoms with Crippen LogP contribution in [-0.4, -0.2) is 99.1 Å². The summed E-state index contributed by atoms with van der Waals surface area (Å²) < 4.78 is 73.8. The molecule has 2 aliphatic rings. The number of carbonyl (C=O) groups excluding carboxylic acids is 1. The van der Waals surface area contributed by atoms with E-state index in [-0.39, 0.29) is 19.4 Å². The van der Waals surface area contributed by atoms with Gasteiger partial charge in [0.25, 0.3) is 0 Å². The standard InChI is InChI=1S/C20H31BO6S.C18H27BO6S/c1-8-25-17(22)20(6,28(7,23)24)14-13-15-9-11-16(12-10-15)21-26-18(2,3)19(4,5)27-21;1-16(2)17(3,4)25-19(24-16)14-9-7-13(8-10-14)11-12-18(5,15(20)21)26(6,22)23/h9-12H,8,13-14H2,1-7H3;7-10H,11-12H2,1-6H3,(H,20,21)/t20-;18-/m11/s1. The van der Waals surface area contributed by atoms with Crippen molar-refractivity contribution >= 4 is 56.8 Å². The Morgan fingerprint density at radius 1 is 0.630 bits per heavy atom. The lowest BCUT2D eigenvalue weighted by Crippen LogP contribution is -2.44. The van der Waals surface area contributed by atoms with E-state index in [2.05, 4.69) is 0 Å². The first-order valence-electron chi connectivity index (χ1n) is 18.1. The maximum atomic E-state index is 12.2. The quantitative estimate of drug-likeness (QED) is 0.228. The summed E-state index contributed by atoms with van der Waals surface area (Å²) in [4.78, 5) is 23.7. The van der Waals surface area contributed by atoms with E-state index in [1.165, 1.54) is 13.8 Å². The van der Waals surface area contributed by atoms with Crippen molar-refractivity contribution < 1.29 is 54.9 Å². The summed E-state index contributed by atoms with van der Waals surface area (Å²) in [7, 11) is -8.25. The first-order chi connectivity index (χ1) is 24.4. The number of hydrogen-bond acceptors (Lipinski definition) is 11. The molecule has 2 atom stereocenters. The zero-order valence-electron chi connectivity index (χ0n) is 34.1. The van der Waals surface area contributed by atoms with Crippen molar-refractivity contribution in [2.45, 2.75) is 134 Å². The highest BCUT2D eigenvalue weighted by Crippen LogP contribution is 2.37. The number of sulfone groups is 2. The van der Waals surface area contributed by atoms with E-state index in [1.54, 1.807) is 6.92 Å². The molecule has 1 N–H and O–H groups in total. The van der Waals surface area contributed by atoms with Crippen LogP contribution in [0.2, 0.25) is 0 Å². The molecule has 0 saturated carbocycles. The molecule has 2 heterocycles. The van der Waals surface area contributed by atoms with Crippen molar-refractivity contribution in [1.82, 2.24) is 0 Å². The maximum Gasteiger partial charge on any atom is 0.494 e. The van der Waals surface area contributed by atoms with Gasteiger partial charge < -0.3 is 28.5 Å². The summed E-state index contributed by atoms with van der Waals surface area (Å²) >= 11 is 0. The fourth-order valence-corrected chi connectivity index (χ4v) is 7.20. The minimum atomic E-state index is -3.72. The molecule has 2 aromatic carbocycles. The zero-order valence-corrected chi connectivity index (χ0v) is 35.7. The second-order valence-electron chi connectivity index (χ2n) is 16.7. The monoisotopic (exact) mass is 792 g/mol. The molecule has 0 aromatic heterocycles. The Morgan fingerprint density at radius 3 is 1.19 bits per heavy atom. The summed E-state index contributed by atoms with van der Waals surface area (Å²) in [6.07, 6.45) is 2.98. The Bertz CT molecular complexity index is 1840. The Morgan fingerprint density at radius 2 is 0.926 bits per heavy atom. The number of carboxylic acids is 1. The van der Waals surface area contributed by atoms with Crippen LogP contribution >= 0.6 is 0 Å². The van der Waals surface area contributed by atoms with E-state index in [0.29, 0.717) is 12.8 Å². The van der Waals surface area contributed by atoms with Gasteiger partial charge in [-0.25, -0.2) is 16.8 Å². The van der Waals surface area contributed by atoms with Crippen LogP contribution in [0.3, 0.4) is 0 Å². The van der Waals surface area contributed by atoms with Gasteiger partial charge in [0.05, 0.1) is 29.0 Å². The summed E-state index contributed by atoms with van der Waals surface area (Å²) in [5, 5.41) is 9.32. The molecule has 0 spiro atoms. The van der Waals surface area contributed by atoms with Gasteiger partial charge in [-0.3, -0.25) is 9.59 Å². The lowest BCUT2D eigenvalue weighted by atomic mass is 9.78. The molecule has 0 radical (unpaired) electrons. The smallest absolute Gasteiger partial charge is 0.480 e. The molecule has 0 aliphatic carbocycles. The van der Waals surface area contributed by atoms with Gasteiger partial charge in [-0.2, -0.15) is 0 Å². The molecule has 0 unspecified atom stereocenters. The Balaban J connectivity index is 0.000000291. The molecule has 2 aromatic rings. The number of ether oxygens (including phenoxy) is 1. The number of carbonyl (C=O) groups is 2. The number of hydrogen-bond donors (Lipinski definition) is 1. The predicted octanol–water partition coefficient (Wildman–Crippen LogP) is 4.09. The molecular formula is C38H58B2O12S2. The fourth-order valence-electron chi connectivity index (χ4n) is 5.58. The lowest BCUT2D eigenvalue weighted by molar-refractivity contribution is -0.146. The highest BCUT2D eigenvalue weighted by atomic mass is 32.2. The molecule has 12 nitrogen and oxygen atoms in total. The molecule has 54 heavy (non-hydrogen) atoms. The van der Waals surface area contributed by atoms with Gasteiger partial charge in [0.15, 0.2) is 29.2 Å². The van der Waals surface area contributed by atoms with Crippen molar-refractivity contribution in [3.05, 3.63) is 59.7 Å². The first kappa shape index (κ1) is 45.6. The molecule has 0 bridgehead atoms. The largest absolute Gasteiger partial charge is 0.494 e. The third-order valence-electron chi connectivity index (χ3n) is 11.6. The van der Waals surface area contributed by atoms with E-state index in [0.717, 1.165) is 34.6 Å². The summed E-state index contributed by atoms with van der Waals surface area (Å²) in [6.45, 7) is 20.4. The van der Waals surface area contributed by atoms with Gasteiger partial charge in [-0.15, -0.1) is 0 Å². The predicted molar refractivity (Wildman–Crippen MR) is 212 cm³/mol. The summed E-state index contributed by atoms with van der Waals surface area (Å²) in [6, 6.07) is 15.1. The van der Waals surface area contributed by atoms with Crippen LogP contribution in [0.15, 0.2) is 48.5 Å². The molecule has 2 fully saturated rings. The molecule has 0 amide bonds. The number of aryl methyl sites for hydroxylation is 2. The van der Waals surface area contributed by atoms with E-state index in [1.807, 2.05) is 104 Å². The number of carboxylic acid groups (broad SMARTS) is 1. The van der Waals surface area contributed by atoms with E-state index >= 15 is 0 Å². The van der Waals surface area contributed by atoms with Gasteiger partial charge in [0.2, 0.25) is 0 Å². The summed E-state index contributed by atoms with van der Waals surface area (Å²) in [5.41, 5.74) is 1.90. The molecular weight excluding hydrogens is 734 g/mol. The SMILES string of the molecule is CC1(C)OB(c2ccc(CC[C@](C)(C(=O)O)S(C)(=O)=O)cc2)OC1(C)C.CCOC(=O)[C@@](C)(CCc1ccc(B2OC(C)(C)C(C)(C)O2)cc1)S(C)(=O)=O. The van der Waals surface area contributed by atoms with Gasteiger partial charge in [0.1, 0.15) is 0 Å². The topological polar surface area (TPSA) is 169 Å². The van der Waals surface area contributed by atoms with Gasteiger partial charge in [-0.1, -0.05) is 48.5 Å². The maximum absolute atomic E-state index is 12.2. The fraction of sp³-hybridized carbons (Fsp3) is 0.632. The van der Waals surface area contributed by atoms with Crippen molar-refractivity contribution in [2.24, 2.45) is 0 Å². The minimum absolute atomic E-state index is 0.0109. The molecule has 300 valence electrons. The Hall–Kier alpha value is -2.75. The van der Waals surface area contributed by atoms with Gasteiger partial charge >= 0.3 is 26.2 Å². The highest BCUT2D eigenvalue weighted by Gasteiger charge is 2.53. The first-order valence-corrected chi connectivity index (χ1v) is 21.9. The molecule has 2 aliphatic heterocycles. The van der Waals surface area contributed by atoms with E-state index in [9.17, 15) is 31.5 Å². The van der Waals surface area contributed by atoms with Crippen molar-refractivity contribution in [3.63, 3.8) is 0 Å².